The molecular weight excluding hydrogens is 297 g/mol. The summed E-state index contributed by atoms with van der Waals surface area (Å²) in [6, 6.07) is 9.83. The van der Waals surface area contributed by atoms with E-state index in [0.29, 0.717) is 16.9 Å². The molecule has 2 aromatic rings. The lowest BCUT2D eigenvalue weighted by Crippen LogP contribution is -2.17. The number of carbonyl (C=O) groups is 1. The Hall–Kier alpha value is -2.70. The molecule has 2 rings (SSSR count). The van der Waals surface area contributed by atoms with Crippen LogP contribution in [0.25, 0.3) is 0 Å². The van der Waals surface area contributed by atoms with Crippen LogP contribution in [0.3, 0.4) is 0 Å². The van der Waals surface area contributed by atoms with Crippen LogP contribution in [0.2, 0.25) is 0 Å². The number of nitrogens with one attached hydrogen (secondary N) is 1. The van der Waals surface area contributed by atoms with Crippen LogP contribution >= 0.6 is 0 Å². The topological polar surface area (TPSA) is 64.3 Å². The molecule has 0 atom stereocenters. The predicted octanol–water partition coefficient (Wildman–Crippen LogP) is 3.73. The fourth-order valence-corrected chi connectivity index (χ4v) is 1.83. The summed E-state index contributed by atoms with van der Waals surface area (Å²) in [5.41, 5.74) is 7.64. The minimum atomic E-state index is -4.75. The van der Waals surface area contributed by atoms with Gasteiger partial charge in [0.05, 0.1) is 5.56 Å². The molecule has 3 N–H and O–H groups in total. The average molecular weight is 310 g/mol. The van der Waals surface area contributed by atoms with Gasteiger partial charge in [-0.15, -0.1) is 13.2 Å². The summed E-state index contributed by atoms with van der Waals surface area (Å²) < 4.78 is 39.9. The van der Waals surface area contributed by atoms with Crippen molar-refractivity contribution in [2.24, 2.45) is 0 Å². The smallest absolute Gasteiger partial charge is 0.406 e. The number of hydrogen-bond acceptors (Lipinski definition) is 3. The Bertz CT molecular complexity index is 682. The molecule has 4 nitrogen and oxygen atoms in total. The van der Waals surface area contributed by atoms with Gasteiger partial charge in [-0.1, -0.05) is 6.07 Å². The quantitative estimate of drug-likeness (QED) is 0.849. The molecular formula is C15H13F3N2O2. The molecule has 2 aromatic carbocycles. The molecule has 0 saturated heterocycles. The summed E-state index contributed by atoms with van der Waals surface area (Å²) in [5, 5.41) is 2.55. The molecule has 7 heteroatoms. The number of rotatable bonds is 3. The van der Waals surface area contributed by atoms with Crippen molar-refractivity contribution in [3.05, 3.63) is 53.6 Å². The Labute approximate surface area is 124 Å². The lowest BCUT2D eigenvalue weighted by atomic mass is 10.1. The van der Waals surface area contributed by atoms with Crippen molar-refractivity contribution in [3.8, 4) is 5.75 Å². The molecule has 0 fully saturated rings. The second kappa shape index (κ2) is 5.97. The van der Waals surface area contributed by atoms with Crippen LogP contribution in [0, 0.1) is 6.92 Å². The maximum Gasteiger partial charge on any atom is 0.573 e. The van der Waals surface area contributed by atoms with Gasteiger partial charge in [0.25, 0.3) is 5.91 Å². The number of alkyl halides is 3. The van der Waals surface area contributed by atoms with E-state index in [-0.39, 0.29) is 5.75 Å². The van der Waals surface area contributed by atoms with Gasteiger partial charge in [0.15, 0.2) is 0 Å². The molecule has 0 radical (unpaired) electrons. The van der Waals surface area contributed by atoms with Crippen LogP contribution in [-0.4, -0.2) is 12.3 Å². The molecule has 0 heterocycles. The summed E-state index contributed by atoms with van der Waals surface area (Å²) in [7, 11) is 0. The van der Waals surface area contributed by atoms with E-state index >= 15 is 0 Å². The molecule has 0 aromatic heterocycles. The van der Waals surface area contributed by atoms with E-state index in [1.54, 1.807) is 18.2 Å². The van der Waals surface area contributed by atoms with Crippen molar-refractivity contribution in [2.75, 3.05) is 11.1 Å². The molecule has 0 aliphatic carbocycles. The Morgan fingerprint density at radius 3 is 2.32 bits per heavy atom. The number of ether oxygens (including phenoxy) is 1. The molecule has 116 valence electrons. The van der Waals surface area contributed by atoms with Crippen molar-refractivity contribution in [1.29, 1.82) is 0 Å². The molecule has 0 aliphatic rings. The second-order valence-electron chi connectivity index (χ2n) is 4.62. The number of benzene rings is 2. The average Bonchev–Trinajstić information content (AvgIpc) is 2.39. The first kappa shape index (κ1) is 15.7. The van der Waals surface area contributed by atoms with E-state index in [4.69, 9.17) is 5.73 Å². The zero-order valence-electron chi connectivity index (χ0n) is 11.6. The highest BCUT2D eigenvalue weighted by Crippen LogP contribution is 2.24. The van der Waals surface area contributed by atoms with Crippen LogP contribution < -0.4 is 15.8 Å². The fraction of sp³-hybridized carbons (Fsp3) is 0.133. The molecule has 0 aliphatic heterocycles. The summed E-state index contributed by atoms with van der Waals surface area (Å²) in [6.07, 6.45) is -4.75. The zero-order valence-corrected chi connectivity index (χ0v) is 11.6. The molecule has 0 spiro atoms. The third-order valence-electron chi connectivity index (χ3n) is 2.80. The van der Waals surface area contributed by atoms with Crippen LogP contribution in [-0.2, 0) is 0 Å². The van der Waals surface area contributed by atoms with Crippen molar-refractivity contribution in [1.82, 2.24) is 0 Å². The van der Waals surface area contributed by atoms with E-state index in [9.17, 15) is 18.0 Å². The van der Waals surface area contributed by atoms with Crippen molar-refractivity contribution < 1.29 is 22.7 Å². The van der Waals surface area contributed by atoms with Gasteiger partial charge in [0.2, 0.25) is 0 Å². The number of aryl methyl sites for hydroxylation is 1. The lowest BCUT2D eigenvalue weighted by Gasteiger charge is -2.11. The van der Waals surface area contributed by atoms with Crippen molar-refractivity contribution >= 4 is 17.3 Å². The predicted molar refractivity (Wildman–Crippen MR) is 76.7 cm³/mol. The van der Waals surface area contributed by atoms with Gasteiger partial charge < -0.3 is 15.8 Å². The first-order valence-corrected chi connectivity index (χ1v) is 6.28. The van der Waals surface area contributed by atoms with E-state index in [1.165, 1.54) is 12.1 Å². The monoisotopic (exact) mass is 310 g/mol. The SMILES string of the molecule is Cc1ccc(C(=O)Nc2ccc(OC(F)(F)F)cc2)c(N)c1. The minimum absolute atomic E-state index is 0.293. The minimum Gasteiger partial charge on any atom is -0.406 e. The second-order valence-corrected chi connectivity index (χ2v) is 4.62. The van der Waals surface area contributed by atoms with Gasteiger partial charge in [-0.3, -0.25) is 4.79 Å². The Morgan fingerprint density at radius 1 is 1.14 bits per heavy atom. The highest BCUT2D eigenvalue weighted by molar-refractivity contribution is 6.07. The summed E-state index contributed by atoms with van der Waals surface area (Å²) in [5.74, 6) is -0.803. The maximum atomic E-state index is 12.1. The van der Waals surface area contributed by atoms with Crippen molar-refractivity contribution in [2.45, 2.75) is 13.3 Å². The van der Waals surface area contributed by atoms with Gasteiger partial charge in [-0.2, -0.15) is 0 Å². The van der Waals surface area contributed by atoms with Gasteiger partial charge in [-0.05, 0) is 48.9 Å². The molecule has 22 heavy (non-hydrogen) atoms. The maximum absolute atomic E-state index is 12.1. The molecule has 0 bridgehead atoms. The van der Waals surface area contributed by atoms with Crippen LogP contribution in [0.15, 0.2) is 42.5 Å². The highest BCUT2D eigenvalue weighted by atomic mass is 19.4. The normalized spacial score (nSPS) is 11.1. The number of amides is 1. The van der Waals surface area contributed by atoms with E-state index in [0.717, 1.165) is 17.7 Å². The molecule has 0 saturated carbocycles. The summed E-state index contributed by atoms with van der Waals surface area (Å²) in [6.45, 7) is 1.84. The van der Waals surface area contributed by atoms with E-state index in [1.807, 2.05) is 6.92 Å². The third-order valence-corrected chi connectivity index (χ3v) is 2.80. The fourth-order valence-electron chi connectivity index (χ4n) is 1.83. The molecule has 1 amide bonds. The highest BCUT2D eigenvalue weighted by Gasteiger charge is 2.30. The van der Waals surface area contributed by atoms with E-state index in [2.05, 4.69) is 10.1 Å². The standard InChI is InChI=1S/C15H13F3N2O2/c1-9-2-7-12(13(19)8-9)14(21)20-10-3-5-11(6-4-10)22-15(16,17)18/h2-8H,19H2,1H3,(H,20,21). The van der Waals surface area contributed by atoms with Gasteiger partial charge in [0, 0.05) is 11.4 Å². The number of carbonyl (C=O) groups excluding carboxylic acids is 1. The van der Waals surface area contributed by atoms with Crippen LogP contribution in [0.5, 0.6) is 5.75 Å². The summed E-state index contributed by atoms with van der Waals surface area (Å²) in [4.78, 5) is 12.1. The van der Waals surface area contributed by atoms with Gasteiger partial charge >= 0.3 is 6.36 Å². The number of nitrogen functional groups attached to an aromatic ring is 1. The Morgan fingerprint density at radius 2 is 1.77 bits per heavy atom. The first-order valence-electron chi connectivity index (χ1n) is 6.28. The van der Waals surface area contributed by atoms with Gasteiger partial charge in [-0.25, -0.2) is 0 Å². The molecule has 0 unspecified atom stereocenters. The van der Waals surface area contributed by atoms with Gasteiger partial charge in [0.1, 0.15) is 5.75 Å². The Balaban J connectivity index is 2.09. The largest absolute Gasteiger partial charge is 0.573 e. The number of halogens is 3. The van der Waals surface area contributed by atoms with Crippen molar-refractivity contribution in [3.63, 3.8) is 0 Å². The summed E-state index contributed by atoms with van der Waals surface area (Å²) >= 11 is 0. The number of hydrogen-bond donors (Lipinski definition) is 2. The number of anilines is 2. The van der Waals surface area contributed by atoms with Crippen LogP contribution in [0.4, 0.5) is 24.5 Å². The first-order chi connectivity index (χ1) is 10.2. The lowest BCUT2D eigenvalue weighted by molar-refractivity contribution is -0.274. The Kier molecular flexibility index (Phi) is 4.25. The van der Waals surface area contributed by atoms with E-state index < -0.39 is 12.3 Å². The zero-order chi connectivity index (χ0) is 16.3. The number of nitrogens with two attached hydrogens (primary N) is 1. The van der Waals surface area contributed by atoms with Crippen LogP contribution in [0.1, 0.15) is 15.9 Å². The third kappa shape index (κ3) is 4.15.